The Labute approximate surface area is 204 Å². The Morgan fingerprint density at radius 1 is 0.848 bits per heavy atom. The highest BCUT2D eigenvalue weighted by atomic mass is 35.5. The van der Waals surface area contributed by atoms with Gasteiger partial charge in [-0.15, -0.1) is 0 Å². The lowest BCUT2D eigenvalue weighted by molar-refractivity contribution is -0.120. The van der Waals surface area contributed by atoms with Gasteiger partial charge in [-0.2, -0.15) is 0 Å². The number of hydrogen-bond donors (Lipinski definition) is 2. The van der Waals surface area contributed by atoms with E-state index in [2.05, 4.69) is 10.6 Å². The molecule has 4 rings (SSSR count). The van der Waals surface area contributed by atoms with Crippen LogP contribution in [0.4, 0.5) is 17.1 Å². The number of amides is 3. The molecule has 3 aromatic rings. The van der Waals surface area contributed by atoms with Crippen LogP contribution >= 0.6 is 34.8 Å². The van der Waals surface area contributed by atoms with E-state index < -0.39 is 11.8 Å². The van der Waals surface area contributed by atoms with E-state index in [-0.39, 0.29) is 21.7 Å². The maximum Gasteiger partial charge on any atom is 0.283 e. The maximum atomic E-state index is 12.9. The molecule has 2 N–H and O–H groups in total. The Bertz CT molecular complexity index is 1300. The van der Waals surface area contributed by atoms with Crippen LogP contribution in [0.25, 0.3) is 0 Å². The molecule has 1 heterocycles. The quantitative estimate of drug-likeness (QED) is 0.422. The smallest absolute Gasteiger partial charge is 0.283 e. The van der Waals surface area contributed by atoms with Crippen molar-refractivity contribution in [1.29, 1.82) is 0 Å². The van der Waals surface area contributed by atoms with Gasteiger partial charge >= 0.3 is 0 Å². The Hall–Kier alpha value is -3.32. The second-order valence-corrected chi connectivity index (χ2v) is 8.39. The fourth-order valence-electron chi connectivity index (χ4n) is 3.18. The molecule has 6 nitrogen and oxygen atoms in total. The highest BCUT2D eigenvalue weighted by Gasteiger charge is 2.38. The largest absolute Gasteiger partial charge is 0.350 e. The van der Waals surface area contributed by atoms with Crippen molar-refractivity contribution in [2.45, 2.75) is 6.92 Å². The molecule has 0 bridgehead atoms. The second-order valence-electron chi connectivity index (χ2n) is 7.23. The summed E-state index contributed by atoms with van der Waals surface area (Å²) in [7, 11) is 0. The van der Waals surface area contributed by atoms with Gasteiger partial charge in [-0.3, -0.25) is 14.4 Å². The fraction of sp³-hybridized carbons (Fsp3) is 0.0417. The first-order valence-corrected chi connectivity index (χ1v) is 10.9. The summed E-state index contributed by atoms with van der Waals surface area (Å²) < 4.78 is 0. The Kier molecular flexibility index (Phi) is 6.42. The van der Waals surface area contributed by atoms with Crippen LogP contribution in [0, 0.1) is 6.92 Å². The molecule has 0 aromatic heterocycles. The van der Waals surface area contributed by atoms with E-state index in [4.69, 9.17) is 34.8 Å². The Morgan fingerprint density at radius 3 is 2.18 bits per heavy atom. The minimum absolute atomic E-state index is 0.0369. The molecule has 3 aromatic carbocycles. The molecular weight excluding hydrogens is 485 g/mol. The van der Waals surface area contributed by atoms with Crippen molar-refractivity contribution < 1.29 is 14.4 Å². The van der Waals surface area contributed by atoms with Crippen molar-refractivity contribution in [1.82, 2.24) is 0 Å². The van der Waals surface area contributed by atoms with Gasteiger partial charge in [-0.1, -0.05) is 58.6 Å². The van der Waals surface area contributed by atoms with E-state index >= 15 is 0 Å². The highest BCUT2D eigenvalue weighted by Crippen LogP contribution is 2.31. The fourth-order valence-corrected chi connectivity index (χ4v) is 3.74. The summed E-state index contributed by atoms with van der Waals surface area (Å²) in [5.41, 5.74) is 2.61. The first-order valence-electron chi connectivity index (χ1n) is 9.74. The van der Waals surface area contributed by atoms with Gasteiger partial charge in [-0.25, -0.2) is 4.90 Å². The summed E-state index contributed by atoms with van der Waals surface area (Å²) in [5.74, 6) is -1.56. The van der Waals surface area contributed by atoms with Crippen LogP contribution < -0.4 is 15.5 Å². The van der Waals surface area contributed by atoms with Crippen LogP contribution in [-0.2, 0) is 9.59 Å². The number of rotatable bonds is 5. The average molecular weight is 501 g/mol. The minimum atomic E-state index is -0.609. The van der Waals surface area contributed by atoms with Crippen LogP contribution in [0.15, 0.2) is 77.5 Å². The predicted octanol–water partition coefficient (Wildman–Crippen LogP) is 5.99. The summed E-state index contributed by atoms with van der Waals surface area (Å²) in [6.07, 6.45) is 0. The number of nitrogens with zero attached hydrogens (tertiary/aromatic N) is 1. The van der Waals surface area contributed by atoms with Crippen molar-refractivity contribution in [2.24, 2.45) is 0 Å². The van der Waals surface area contributed by atoms with E-state index in [0.29, 0.717) is 27.6 Å². The molecule has 0 saturated carbocycles. The number of nitrogens with one attached hydrogen (secondary N) is 2. The number of hydrogen-bond acceptors (Lipinski definition) is 4. The first kappa shape index (κ1) is 22.9. The standard InChI is InChI=1S/C24H16Cl3N3O3/c1-13-5-11-16(12-6-13)30-23(32)20(27)21(24(30)33)28-15-9-7-14(8-10-15)22(31)29-18-4-2-3-17(25)19(18)26/h2-12,28H,1H3,(H,29,31). The van der Waals surface area contributed by atoms with E-state index in [0.717, 1.165) is 10.5 Å². The molecule has 0 radical (unpaired) electrons. The van der Waals surface area contributed by atoms with Gasteiger partial charge in [0.05, 0.1) is 21.4 Å². The molecule has 166 valence electrons. The van der Waals surface area contributed by atoms with Gasteiger partial charge in [-0.05, 0) is 55.5 Å². The van der Waals surface area contributed by atoms with Crippen LogP contribution in [0.3, 0.4) is 0 Å². The first-order chi connectivity index (χ1) is 15.8. The van der Waals surface area contributed by atoms with Crippen molar-refractivity contribution >= 4 is 69.6 Å². The SMILES string of the molecule is Cc1ccc(N2C(=O)C(Cl)=C(Nc3ccc(C(=O)Nc4cccc(Cl)c4Cl)cc3)C2=O)cc1. The van der Waals surface area contributed by atoms with Gasteiger partial charge in [0, 0.05) is 11.3 Å². The lowest BCUT2D eigenvalue weighted by atomic mass is 10.2. The zero-order valence-corrected chi connectivity index (χ0v) is 19.4. The predicted molar refractivity (Wildman–Crippen MR) is 131 cm³/mol. The summed E-state index contributed by atoms with van der Waals surface area (Å²) in [6, 6.07) is 18.2. The van der Waals surface area contributed by atoms with Crippen molar-refractivity contribution in [3.8, 4) is 0 Å². The normalized spacial score (nSPS) is 13.5. The molecule has 0 unspecified atom stereocenters. The molecule has 0 atom stereocenters. The van der Waals surface area contributed by atoms with Gasteiger partial charge in [0.1, 0.15) is 10.7 Å². The minimum Gasteiger partial charge on any atom is -0.350 e. The molecule has 1 aliphatic rings. The van der Waals surface area contributed by atoms with Crippen molar-refractivity contribution in [3.63, 3.8) is 0 Å². The molecule has 1 aliphatic heterocycles. The number of anilines is 3. The van der Waals surface area contributed by atoms with Crippen LogP contribution in [0.5, 0.6) is 0 Å². The van der Waals surface area contributed by atoms with Crippen LogP contribution in [-0.4, -0.2) is 17.7 Å². The summed E-state index contributed by atoms with van der Waals surface area (Å²) in [6.45, 7) is 1.91. The van der Waals surface area contributed by atoms with E-state index in [1.54, 1.807) is 66.7 Å². The number of halogens is 3. The van der Waals surface area contributed by atoms with Crippen molar-refractivity contribution in [3.05, 3.63) is 98.6 Å². The molecular formula is C24H16Cl3N3O3. The van der Waals surface area contributed by atoms with E-state index in [1.807, 2.05) is 6.92 Å². The van der Waals surface area contributed by atoms with E-state index in [9.17, 15) is 14.4 Å². The maximum absolute atomic E-state index is 12.9. The lowest BCUT2D eigenvalue weighted by Crippen LogP contribution is -2.32. The molecule has 0 saturated heterocycles. The van der Waals surface area contributed by atoms with Crippen molar-refractivity contribution in [2.75, 3.05) is 15.5 Å². The molecule has 33 heavy (non-hydrogen) atoms. The Morgan fingerprint density at radius 2 is 1.52 bits per heavy atom. The summed E-state index contributed by atoms with van der Waals surface area (Å²) >= 11 is 18.3. The molecule has 0 aliphatic carbocycles. The van der Waals surface area contributed by atoms with Gasteiger partial charge in [0.15, 0.2) is 0 Å². The highest BCUT2D eigenvalue weighted by molar-refractivity contribution is 6.53. The van der Waals surface area contributed by atoms with Gasteiger partial charge in [0.2, 0.25) is 0 Å². The molecule has 0 fully saturated rings. The van der Waals surface area contributed by atoms with Crippen LogP contribution in [0.2, 0.25) is 10.0 Å². The summed E-state index contributed by atoms with van der Waals surface area (Å²) in [4.78, 5) is 39.0. The third-order valence-electron chi connectivity index (χ3n) is 4.94. The number of carbonyl (C=O) groups excluding carboxylic acids is 3. The number of aryl methyl sites for hydroxylation is 1. The number of carbonyl (C=O) groups is 3. The molecule has 0 spiro atoms. The van der Waals surface area contributed by atoms with Crippen LogP contribution in [0.1, 0.15) is 15.9 Å². The monoisotopic (exact) mass is 499 g/mol. The van der Waals surface area contributed by atoms with Gasteiger partial charge < -0.3 is 10.6 Å². The molecule has 3 amide bonds. The number of benzene rings is 3. The molecule has 9 heteroatoms. The second kappa shape index (κ2) is 9.27. The zero-order chi connectivity index (χ0) is 23.7. The average Bonchev–Trinajstić information content (AvgIpc) is 3.01. The lowest BCUT2D eigenvalue weighted by Gasteiger charge is -2.15. The Balaban J connectivity index is 1.49. The number of imide groups is 1. The zero-order valence-electron chi connectivity index (χ0n) is 17.2. The van der Waals surface area contributed by atoms with E-state index in [1.165, 1.54) is 0 Å². The topological polar surface area (TPSA) is 78.5 Å². The third kappa shape index (κ3) is 4.59. The van der Waals surface area contributed by atoms with Gasteiger partial charge in [0.25, 0.3) is 17.7 Å². The third-order valence-corrected chi connectivity index (χ3v) is 6.11. The summed E-state index contributed by atoms with van der Waals surface area (Å²) in [5, 5.41) is 5.94.